The number of hydrogen-bond acceptors (Lipinski definition) is 7. The van der Waals surface area contributed by atoms with Crippen LogP contribution in [0.1, 0.15) is 5.56 Å². The zero-order chi connectivity index (χ0) is 18.4. The van der Waals surface area contributed by atoms with E-state index in [0.717, 1.165) is 0 Å². The van der Waals surface area contributed by atoms with E-state index in [2.05, 4.69) is 10.6 Å². The van der Waals surface area contributed by atoms with Crippen LogP contribution in [0.15, 0.2) is 24.3 Å². The second kappa shape index (κ2) is 8.82. The van der Waals surface area contributed by atoms with Crippen LogP contribution >= 0.6 is 0 Å². The molecule has 5 N–H and O–H groups in total. The van der Waals surface area contributed by atoms with E-state index in [1.807, 2.05) is 0 Å². The zero-order valence-electron chi connectivity index (χ0n) is 14.2. The zero-order valence-corrected chi connectivity index (χ0v) is 14.2. The summed E-state index contributed by atoms with van der Waals surface area (Å²) in [7, 11) is 3.09. The van der Waals surface area contributed by atoms with Gasteiger partial charge in [0.2, 0.25) is 5.91 Å². The molecule has 1 aromatic carbocycles. The minimum Gasteiger partial charge on any atom is -0.497 e. The molecule has 138 valence electrons. The highest BCUT2D eigenvalue weighted by atomic mass is 16.5. The van der Waals surface area contributed by atoms with Gasteiger partial charge < -0.3 is 35.4 Å². The molecule has 1 aliphatic rings. The van der Waals surface area contributed by atoms with Gasteiger partial charge in [-0.1, -0.05) is 0 Å². The molecule has 1 aliphatic heterocycles. The number of ether oxygens (including phenoxy) is 2. The number of rotatable bonds is 6. The van der Waals surface area contributed by atoms with E-state index in [0.29, 0.717) is 17.1 Å². The number of hydrogen-bond donors (Lipinski definition) is 5. The largest absolute Gasteiger partial charge is 0.497 e. The molecule has 1 aromatic rings. The number of piperidine rings is 1. The van der Waals surface area contributed by atoms with E-state index in [1.54, 1.807) is 31.4 Å². The predicted octanol–water partition coefficient (Wildman–Crippen LogP) is -1.11. The smallest absolute Gasteiger partial charge is 0.244 e. The first-order valence-electron chi connectivity index (χ1n) is 7.91. The van der Waals surface area contributed by atoms with Gasteiger partial charge in [-0.25, -0.2) is 0 Å². The SMILES string of the molecule is COc1ccc(OC)c(/C=C/C(=O)NC[C@H]2NC[C@H](O)[C@@H](O)[C@H]2O)c1. The number of carbonyl (C=O) groups excluding carboxylic acids is 1. The molecule has 0 spiro atoms. The molecule has 1 saturated heterocycles. The molecular formula is C17H24N2O6. The number of aliphatic hydroxyl groups excluding tert-OH is 3. The molecule has 8 nitrogen and oxygen atoms in total. The fourth-order valence-electron chi connectivity index (χ4n) is 2.58. The van der Waals surface area contributed by atoms with Crippen LogP contribution in [0.25, 0.3) is 6.08 Å². The normalized spacial score (nSPS) is 26.4. The third kappa shape index (κ3) is 4.93. The number of β-amino-alcohol motifs (C(OH)–C–C–N with tert-alkyl or cyclic N) is 1. The highest BCUT2D eigenvalue weighted by molar-refractivity contribution is 5.92. The van der Waals surface area contributed by atoms with Crippen LogP contribution in [0.3, 0.4) is 0 Å². The van der Waals surface area contributed by atoms with E-state index in [1.165, 1.54) is 13.2 Å². The lowest BCUT2D eigenvalue weighted by atomic mass is 9.96. The molecular weight excluding hydrogens is 328 g/mol. The molecule has 2 rings (SSSR count). The number of amides is 1. The van der Waals surface area contributed by atoms with Crippen molar-refractivity contribution >= 4 is 12.0 Å². The van der Waals surface area contributed by atoms with Gasteiger partial charge >= 0.3 is 0 Å². The summed E-state index contributed by atoms with van der Waals surface area (Å²) in [6, 6.07) is 4.70. The lowest BCUT2D eigenvalue weighted by molar-refractivity contribution is -0.118. The van der Waals surface area contributed by atoms with Crippen LogP contribution in [0.5, 0.6) is 11.5 Å². The van der Waals surface area contributed by atoms with Gasteiger partial charge in [0.1, 0.15) is 17.6 Å². The number of nitrogens with one attached hydrogen (secondary N) is 2. The Kier molecular flexibility index (Phi) is 6.77. The Balaban J connectivity index is 1.93. The Bertz CT molecular complexity index is 621. The fourth-order valence-corrected chi connectivity index (χ4v) is 2.58. The van der Waals surface area contributed by atoms with Gasteiger partial charge in [-0.15, -0.1) is 0 Å². The Hall–Kier alpha value is -2.13. The minimum atomic E-state index is -1.24. The topological polar surface area (TPSA) is 120 Å². The van der Waals surface area contributed by atoms with Crippen molar-refractivity contribution in [2.75, 3.05) is 27.3 Å². The van der Waals surface area contributed by atoms with Gasteiger partial charge in [-0.2, -0.15) is 0 Å². The van der Waals surface area contributed by atoms with Crippen LogP contribution in [-0.2, 0) is 4.79 Å². The van der Waals surface area contributed by atoms with E-state index in [4.69, 9.17) is 9.47 Å². The van der Waals surface area contributed by atoms with Crippen molar-refractivity contribution in [2.45, 2.75) is 24.4 Å². The van der Waals surface area contributed by atoms with Gasteiger partial charge in [0.15, 0.2) is 0 Å². The van der Waals surface area contributed by atoms with Gasteiger partial charge in [0.05, 0.1) is 32.5 Å². The molecule has 1 fully saturated rings. The van der Waals surface area contributed by atoms with Crippen LogP contribution < -0.4 is 20.1 Å². The Morgan fingerprint density at radius 1 is 1.28 bits per heavy atom. The van der Waals surface area contributed by atoms with Crippen LogP contribution in [0, 0.1) is 0 Å². The maximum atomic E-state index is 12.0. The first kappa shape index (κ1) is 19.2. The molecule has 0 radical (unpaired) electrons. The number of aliphatic hydroxyl groups is 3. The van der Waals surface area contributed by atoms with Crippen molar-refractivity contribution in [3.05, 3.63) is 29.8 Å². The summed E-state index contributed by atoms with van der Waals surface area (Å²) in [6.45, 7) is 0.263. The quantitative estimate of drug-likeness (QED) is 0.412. The summed E-state index contributed by atoms with van der Waals surface area (Å²) in [5.41, 5.74) is 0.686. The lowest BCUT2D eigenvalue weighted by Crippen LogP contribution is -2.62. The third-order valence-electron chi connectivity index (χ3n) is 4.09. The number of benzene rings is 1. The third-order valence-corrected chi connectivity index (χ3v) is 4.09. The Morgan fingerprint density at radius 3 is 2.72 bits per heavy atom. The first-order valence-corrected chi connectivity index (χ1v) is 7.91. The molecule has 4 atom stereocenters. The van der Waals surface area contributed by atoms with Crippen molar-refractivity contribution in [1.82, 2.24) is 10.6 Å². The lowest BCUT2D eigenvalue weighted by Gasteiger charge is -2.36. The summed E-state index contributed by atoms with van der Waals surface area (Å²) >= 11 is 0. The average molecular weight is 352 g/mol. The van der Waals surface area contributed by atoms with Crippen molar-refractivity contribution in [3.8, 4) is 11.5 Å². The van der Waals surface area contributed by atoms with Crippen LogP contribution in [-0.4, -0.2) is 72.9 Å². The van der Waals surface area contributed by atoms with E-state index >= 15 is 0 Å². The van der Waals surface area contributed by atoms with Gasteiger partial charge in [0, 0.05) is 24.7 Å². The number of methoxy groups -OCH3 is 2. The summed E-state index contributed by atoms with van der Waals surface area (Å²) in [5, 5.41) is 34.5. The predicted molar refractivity (Wildman–Crippen MR) is 91.4 cm³/mol. The van der Waals surface area contributed by atoms with Crippen LogP contribution in [0.2, 0.25) is 0 Å². The van der Waals surface area contributed by atoms with Gasteiger partial charge in [0.25, 0.3) is 0 Å². The Morgan fingerprint density at radius 2 is 2.04 bits per heavy atom. The van der Waals surface area contributed by atoms with Crippen molar-refractivity contribution < 1.29 is 29.6 Å². The van der Waals surface area contributed by atoms with Gasteiger partial charge in [-0.05, 0) is 24.3 Å². The van der Waals surface area contributed by atoms with Gasteiger partial charge in [-0.3, -0.25) is 4.79 Å². The second-order valence-electron chi connectivity index (χ2n) is 5.75. The first-order chi connectivity index (χ1) is 12.0. The Labute approximate surface area is 146 Å². The maximum Gasteiger partial charge on any atom is 0.244 e. The molecule has 0 aromatic heterocycles. The number of carbonyl (C=O) groups is 1. The highest BCUT2D eigenvalue weighted by Gasteiger charge is 2.36. The molecule has 0 aliphatic carbocycles. The van der Waals surface area contributed by atoms with E-state index < -0.39 is 24.4 Å². The molecule has 0 unspecified atom stereocenters. The molecule has 0 saturated carbocycles. The molecule has 0 bridgehead atoms. The van der Waals surface area contributed by atoms with Crippen molar-refractivity contribution in [1.29, 1.82) is 0 Å². The monoisotopic (exact) mass is 352 g/mol. The summed E-state index contributed by atoms with van der Waals surface area (Å²) in [6.07, 6.45) is -0.480. The summed E-state index contributed by atoms with van der Waals surface area (Å²) in [5.74, 6) is 0.883. The van der Waals surface area contributed by atoms with Crippen molar-refractivity contribution in [2.24, 2.45) is 0 Å². The average Bonchev–Trinajstić information content (AvgIpc) is 2.63. The molecule has 1 amide bonds. The summed E-state index contributed by atoms with van der Waals surface area (Å²) in [4.78, 5) is 12.0. The minimum absolute atomic E-state index is 0.114. The molecule has 8 heteroatoms. The summed E-state index contributed by atoms with van der Waals surface area (Å²) < 4.78 is 10.4. The molecule has 1 heterocycles. The highest BCUT2D eigenvalue weighted by Crippen LogP contribution is 2.25. The van der Waals surface area contributed by atoms with Crippen LogP contribution in [0.4, 0.5) is 0 Å². The second-order valence-corrected chi connectivity index (χ2v) is 5.75. The van der Waals surface area contributed by atoms with E-state index in [9.17, 15) is 20.1 Å². The standard InChI is InChI=1S/C17H24N2O6/c1-24-11-4-5-14(25-2)10(7-11)3-6-15(21)19-8-12-16(22)17(23)13(20)9-18-12/h3-7,12-13,16-18,20,22-23H,8-9H2,1-2H3,(H,19,21)/b6-3+/t12-,13+,16+,17-/m1/s1. The maximum absolute atomic E-state index is 12.0. The van der Waals surface area contributed by atoms with Crippen molar-refractivity contribution in [3.63, 3.8) is 0 Å². The molecule has 25 heavy (non-hydrogen) atoms. The van der Waals surface area contributed by atoms with E-state index in [-0.39, 0.29) is 19.0 Å². The fraction of sp³-hybridized carbons (Fsp3) is 0.471.